The molecule has 0 bridgehead atoms. The van der Waals surface area contributed by atoms with Crippen LogP contribution in [-0.2, 0) is 11.2 Å². The molecule has 1 atom stereocenters. The molecule has 6 nitrogen and oxygen atoms in total. The normalized spacial score (nSPS) is 11.6. The zero-order valence-corrected chi connectivity index (χ0v) is 20.3. The molecule has 0 aliphatic carbocycles. The maximum atomic E-state index is 13.1. The van der Waals surface area contributed by atoms with Crippen LogP contribution in [-0.4, -0.2) is 28.1 Å². The number of amides is 2. The zero-order chi connectivity index (χ0) is 23.2. The second-order valence-corrected chi connectivity index (χ2v) is 9.46. The van der Waals surface area contributed by atoms with Gasteiger partial charge in [0, 0.05) is 27.0 Å². The van der Waals surface area contributed by atoms with Gasteiger partial charge in [0.15, 0.2) is 0 Å². The highest BCUT2D eigenvalue weighted by atomic mass is 79.9. The van der Waals surface area contributed by atoms with Crippen molar-refractivity contribution in [3.05, 3.63) is 99.5 Å². The van der Waals surface area contributed by atoms with Gasteiger partial charge < -0.3 is 5.32 Å². The molecule has 0 aliphatic heterocycles. The highest BCUT2D eigenvalue weighted by Crippen LogP contribution is 2.28. The molecule has 0 unspecified atom stereocenters. The van der Waals surface area contributed by atoms with Crippen molar-refractivity contribution in [1.82, 2.24) is 15.5 Å². The summed E-state index contributed by atoms with van der Waals surface area (Å²) in [5, 5.41) is 15.4. The number of benzene rings is 3. The lowest BCUT2D eigenvalue weighted by Crippen LogP contribution is -2.45. The first-order chi connectivity index (χ1) is 16.0. The molecule has 9 heteroatoms. The summed E-state index contributed by atoms with van der Waals surface area (Å²) in [6.07, 6.45) is 0.328. The van der Waals surface area contributed by atoms with E-state index in [1.165, 1.54) is 11.3 Å². The largest absolute Gasteiger partial charge is 0.340 e. The van der Waals surface area contributed by atoms with E-state index in [-0.39, 0.29) is 11.8 Å². The van der Waals surface area contributed by atoms with Gasteiger partial charge in [-0.2, -0.15) is 0 Å². The van der Waals surface area contributed by atoms with Gasteiger partial charge in [0.25, 0.3) is 5.91 Å². The molecule has 3 aromatic carbocycles. The van der Waals surface area contributed by atoms with Crippen LogP contribution >= 0.6 is 38.9 Å². The summed E-state index contributed by atoms with van der Waals surface area (Å²) in [6, 6.07) is 22.9. The van der Waals surface area contributed by atoms with E-state index in [4.69, 9.17) is 11.6 Å². The summed E-state index contributed by atoms with van der Waals surface area (Å²) < 4.78 is 0.865. The first kappa shape index (κ1) is 23.1. The van der Waals surface area contributed by atoms with Crippen LogP contribution in [0.5, 0.6) is 0 Å². The van der Waals surface area contributed by atoms with Gasteiger partial charge in [-0.15, -0.1) is 10.2 Å². The molecule has 1 aromatic heterocycles. The summed E-state index contributed by atoms with van der Waals surface area (Å²) in [7, 11) is 0. The molecule has 2 amide bonds. The molecular formula is C24H18BrClN4O2S. The summed E-state index contributed by atoms with van der Waals surface area (Å²) in [4.78, 5) is 25.9. The van der Waals surface area contributed by atoms with Crippen molar-refractivity contribution in [2.75, 3.05) is 5.32 Å². The quantitative estimate of drug-likeness (QED) is 0.319. The molecule has 1 heterocycles. The summed E-state index contributed by atoms with van der Waals surface area (Å²) in [6.45, 7) is 0. The number of carbonyl (C=O) groups is 2. The Hall–Kier alpha value is -3.07. The van der Waals surface area contributed by atoms with E-state index in [0.717, 1.165) is 15.6 Å². The number of hydrogen-bond acceptors (Lipinski definition) is 5. The minimum atomic E-state index is -0.804. The van der Waals surface area contributed by atoms with Crippen molar-refractivity contribution >= 4 is 55.8 Å². The van der Waals surface area contributed by atoms with Gasteiger partial charge in [-0.1, -0.05) is 81.3 Å². The van der Waals surface area contributed by atoms with Gasteiger partial charge in [-0.25, -0.2) is 0 Å². The number of carbonyl (C=O) groups excluding carboxylic acids is 2. The Morgan fingerprint density at radius 2 is 1.73 bits per heavy atom. The highest BCUT2D eigenvalue weighted by molar-refractivity contribution is 9.10. The van der Waals surface area contributed by atoms with Crippen molar-refractivity contribution in [1.29, 1.82) is 0 Å². The molecular weight excluding hydrogens is 524 g/mol. The molecule has 2 N–H and O–H groups in total. The SMILES string of the molecule is O=C(N[C@@H](Cc1ccccc1)C(=O)Nc1nnc(-c2cccc(Cl)c2)s1)c1ccc(Br)cc1. The average molecular weight is 542 g/mol. The Morgan fingerprint density at radius 3 is 2.45 bits per heavy atom. The standard InChI is InChI=1S/C24H18BrClN4O2S/c25-18-11-9-16(10-12-18)21(31)27-20(13-15-5-2-1-3-6-15)22(32)28-24-30-29-23(33-24)17-7-4-8-19(26)14-17/h1-12,14,20H,13H2,(H,27,31)(H,28,30,32)/t20-/m0/s1. The smallest absolute Gasteiger partial charge is 0.251 e. The lowest BCUT2D eigenvalue weighted by atomic mass is 10.0. The number of aromatic nitrogens is 2. The third-order valence-electron chi connectivity index (χ3n) is 4.74. The number of rotatable bonds is 7. The van der Waals surface area contributed by atoms with Crippen molar-refractivity contribution in [2.24, 2.45) is 0 Å². The van der Waals surface area contributed by atoms with Gasteiger partial charge in [-0.05, 0) is 42.0 Å². The monoisotopic (exact) mass is 540 g/mol. The highest BCUT2D eigenvalue weighted by Gasteiger charge is 2.23. The maximum Gasteiger partial charge on any atom is 0.251 e. The fourth-order valence-corrected chi connectivity index (χ4v) is 4.30. The molecule has 0 saturated carbocycles. The van der Waals surface area contributed by atoms with Gasteiger partial charge in [0.05, 0.1) is 0 Å². The predicted molar refractivity (Wildman–Crippen MR) is 135 cm³/mol. The van der Waals surface area contributed by atoms with Gasteiger partial charge >= 0.3 is 0 Å². The Labute approximate surface area is 208 Å². The summed E-state index contributed by atoms with van der Waals surface area (Å²) in [5.74, 6) is -0.714. The molecule has 166 valence electrons. The minimum Gasteiger partial charge on any atom is -0.340 e. The first-order valence-corrected chi connectivity index (χ1v) is 12.0. The van der Waals surface area contributed by atoms with Crippen LogP contribution in [0.2, 0.25) is 5.02 Å². The van der Waals surface area contributed by atoms with Crippen LogP contribution in [0.1, 0.15) is 15.9 Å². The van der Waals surface area contributed by atoms with Crippen LogP contribution in [0, 0.1) is 0 Å². The molecule has 0 radical (unpaired) electrons. The van der Waals surface area contributed by atoms with Crippen molar-refractivity contribution in [3.63, 3.8) is 0 Å². The summed E-state index contributed by atoms with van der Waals surface area (Å²) >= 11 is 10.6. The van der Waals surface area contributed by atoms with Crippen LogP contribution in [0.4, 0.5) is 5.13 Å². The number of nitrogens with one attached hydrogen (secondary N) is 2. The van der Waals surface area contributed by atoms with Gasteiger partial charge in [-0.3, -0.25) is 14.9 Å². The fraction of sp³-hybridized carbons (Fsp3) is 0.0833. The van der Waals surface area contributed by atoms with E-state index < -0.39 is 6.04 Å². The third-order valence-corrected chi connectivity index (χ3v) is 6.39. The van der Waals surface area contributed by atoms with E-state index in [1.54, 1.807) is 36.4 Å². The van der Waals surface area contributed by atoms with Crippen LogP contribution in [0.15, 0.2) is 83.3 Å². The lowest BCUT2D eigenvalue weighted by molar-refractivity contribution is -0.118. The van der Waals surface area contributed by atoms with E-state index in [1.807, 2.05) is 42.5 Å². The molecule has 0 spiro atoms. The second-order valence-electron chi connectivity index (χ2n) is 7.13. The molecule has 4 aromatic rings. The molecule has 4 rings (SSSR count). The van der Waals surface area contributed by atoms with Crippen LogP contribution in [0.3, 0.4) is 0 Å². The predicted octanol–water partition coefficient (Wildman–Crippen LogP) is 5.60. The fourth-order valence-electron chi connectivity index (χ4n) is 3.11. The topological polar surface area (TPSA) is 84.0 Å². The van der Waals surface area contributed by atoms with E-state index in [2.05, 4.69) is 36.8 Å². The molecule has 33 heavy (non-hydrogen) atoms. The molecule has 0 aliphatic rings. The Kier molecular flexibility index (Phi) is 7.49. The summed E-state index contributed by atoms with van der Waals surface area (Å²) in [5.41, 5.74) is 2.19. The Morgan fingerprint density at radius 1 is 0.970 bits per heavy atom. The number of halogens is 2. The lowest BCUT2D eigenvalue weighted by Gasteiger charge is -2.18. The number of hydrogen-bond donors (Lipinski definition) is 2. The molecule has 0 saturated heterocycles. The van der Waals surface area contributed by atoms with Crippen LogP contribution < -0.4 is 10.6 Å². The van der Waals surface area contributed by atoms with Gasteiger partial charge in [0.1, 0.15) is 11.0 Å². The average Bonchev–Trinajstić information content (AvgIpc) is 3.28. The second kappa shape index (κ2) is 10.7. The van der Waals surface area contributed by atoms with Gasteiger partial charge in [0.2, 0.25) is 11.0 Å². The van der Waals surface area contributed by atoms with Crippen LogP contribution in [0.25, 0.3) is 10.6 Å². The minimum absolute atomic E-state index is 0.328. The Balaban J connectivity index is 1.51. The Bertz CT molecular complexity index is 1260. The van der Waals surface area contributed by atoms with E-state index in [0.29, 0.717) is 27.1 Å². The third kappa shape index (κ3) is 6.25. The van der Waals surface area contributed by atoms with Crippen molar-refractivity contribution in [3.8, 4) is 10.6 Å². The molecule has 0 fully saturated rings. The maximum absolute atomic E-state index is 13.1. The number of nitrogens with zero attached hydrogens (tertiary/aromatic N) is 2. The van der Waals surface area contributed by atoms with Crippen molar-refractivity contribution < 1.29 is 9.59 Å². The zero-order valence-electron chi connectivity index (χ0n) is 17.2. The van der Waals surface area contributed by atoms with E-state index in [9.17, 15) is 9.59 Å². The van der Waals surface area contributed by atoms with Crippen molar-refractivity contribution in [2.45, 2.75) is 12.5 Å². The first-order valence-electron chi connectivity index (χ1n) is 9.98. The number of anilines is 1. The van der Waals surface area contributed by atoms with E-state index >= 15 is 0 Å².